The van der Waals surface area contributed by atoms with E-state index >= 15 is 0 Å². The molecule has 0 fully saturated rings. The number of amides is 2. The van der Waals surface area contributed by atoms with E-state index in [1.165, 1.54) is 11.9 Å². The Balaban J connectivity index is 4.93. The average Bonchev–Trinajstić information content (AvgIpc) is 2.37. The maximum Gasteiger partial charge on any atom is 0.441 e. The van der Waals surface area contributed by atoms with Crippen molar-refractivity contribution in [3.05, 3.63) is 0 Å². The standard InChI is InChI=1S/C17H32N2O6/c1-11(2)10-12(19(9)15(22)24-17(6,7)8)13(20)25-18-14(21)23-16(3,4)5/h11-12H,10H2,1-9H3,(H,18,21)/t12-/m0/s1. The summed E-state index contributed by atoms with van der Waals surface area (Å²) < 4.78 is 10.3. The molecule has 1 N–H and O–H groups in total. The number of likely N-dealkylation sites (N-methyl/N-ethyl adjacent to an activating group) is 1. The largest absolute Gasteiger partial charge is 0.444 e. The molecule has 0 aromatic carbocycles. The normalized spacial score (nSPS) is 13.0. The van der Waals surface area contributed by atoms with Crippen molar-refractivity contribution in [1.82, 2.24) is 10.4 Å². The highest BCUT2D eigenvalue weighted by Gasteiger charge is 2.33. The minimum absolute atomic E-state index is 0.115. The number of hydrogen-bond acceptors (Lipinski definition) is 6. The number of ether oxygens (including phenoxy) is 2. The SMILES string of the molecule is CC(C)C[C@@H](C(=O)ONC(=O)OC(C)(C)C)N(C)C(=O)OC(C)(C)C. The van der Waals surface area contributed by atoms with Crippen LogP contribution in [0.1, 0.15) is 61.8 Å². The fourth-order valence-corrected chi connectivity index (χ4v) is 1.78. The van der Waals surface area contributed by atoms with Gasteiger partial charge in [0.05, 0.1) is 0 Å². The topological polar surface area (TPSA) is 94.2 Å². The number of hydroxylamine groups is 1. The number of rotatable bonds is 4. The molecule has 146 valence electrons. The van der Waals surface area contributed by atoms with E-state index in [0.717, 1.165) is 0 Å². The quantitative estimate of drug-likeness (QED) is 0.611. The van der Waals surface area contributed by atoms with E-state index in [9.17, 15) is 14.4 Å². The van der Waals surface area contributed by atoms with Crippen LogP contribution in [0.25, 0.3) is 0 Å². The van der Waals surface area contributed by atoms with Crippen LogP contribution in [0.15, 0.2) is 0 Å². The fraction of sp³-hybridized carbons (Fsp3) is 0.824. The van der Waals surface area contributed by atoms with Gasteiger partial charge < -0.3 is 14.3 Å². The Bertz CT molecular complexity index is 477. The molecule has 0 saturated heterocycles. The van der Waals surface area contributed by atoms with Crippen LogP contribution in [-0.4, -0.2) is 47.3 Å². The Labute approximate surface area is 150 Å². The maximum absolute atomic E-state index is 12.3. The lowest BCUT2D eigenvalue weighted by Crippen LogP contribution is -2.48. The summed E-state index contributed by atoms with van der Waals surface area (Å²) in [4.78, 5) is 42.1. The van der Waals surface area contributed by atoms with Crippen molar-refractivity contribution in [3.8, 4) is 0 Å². The third kappa shape index (κ3) is 10.5. The first-order chi connectivity index (χ1) is 11.1. The third-order valence-corrected chi connectivity index (χ3v) is 2.75. The number of carbonyl (C=O) groups excluding carboxylic acids is 3. The molecular formula is C17H32N2O6. The maximum atomic E-state index is 12.3. The van der Waals surface area contributed by atoms with Gasteiger partial charge in [-0.15, -0.1) is 5.48 Å². The first kappa shape index (κ1) is 23.0. The molecule has 0 unspecified atom stereocenters. The van der Waals surface area contributed by atoms with E-state index in [0.29, 0.717) is 6.42 Å². The Morgan fingerprint density at radius 1 is 0.960 bits per heavy atom. The molecule has 0 aromatic heterocycles. The molecule has 0 saturated carbocycles. The van der Waals surface area contributed by atoms with Crippen molar-refractivity contribution in [2.45, 2.75) is 79.1 Å². The van der Waals surface area contributed by atoms with Gasteiger partial charge in [0.25, 0.3) is 0 Å². The number of nitrogens with one attached hydrogen (secondary N) is 1. The van der Waals surface area contributed by atoms with Crippen LogP contribution in [-0.2, 0) is 19.1 Å². The summed E-state index contributed by atoms with van der Waals surface area (Å²) in [7, 11) is 1.45. The van der Waals surface area contributed by atoms with E-state index in [1.54, 1.807) is 41.5 Å². The van der Waals surface area contributed by atoms with Gasteiger partial charge in [-0.2, -0.15) is 0 Å². The van der Waals surface area contributed by atoms with Crippen molar-refractivity contribution < 1.29 is 28.7 Å². The number of hydrogen-bond donors (Lipinski definition) is 1. The molecule has 0 heterocycles. The van der Waals surface area contributed by atoms with Gasteiger partial charge in [-0.3, -0.25) is 4.90 Å². The summed E-state index contributed by atoms with van der Waals surface area (Å²) >= 11 is 0. The predicted molar refractivity (Wildman–Crippen MR) is 92.7 cm³/mol. The van der Waals surface area contributed by atoms with Crippen LogP contribution in [0.5, 0.6) is 0 Å². The molecule has 0 spiro atoms. The van der Waals surface area contributed by atoms with E-state index in [1.807, 2.05) is 19.3 Å². The molecule has 0 aliphatic rings. The summed E-state index contributed by atoms with van der Waals surface area (Å²) in [5, 5.41) is 0. The van der Waals surface area contributed by atoms with Crippen LogP contribution in [0, 0.1) is 5.92 Å². The summed E-state index contributed by atoms with van der Waals surface area (Å²) in [6.07, 6.45) is -1.18. The van der Waals surface area contributed by atoms with Crippen molar-refractivity contribution >= 4 is 18.2 Å². The Morgan fingerprint density at radius 2 is 1.44 bits per heavy atom. The second kappa shape index (κ2) is 8.92. The zero-order valence-corrected chi connectivity index (χ0v) is 16.8. The van der Waals surface area contributed by atoms with Crippen LogP contribution in [0.3, 0.4) is 0 Å². The van der Waals surface area contributed by atoms with Gasteiger partial charge in [-0.05, 0) is 53.9 Å². The highest BCUT2D eigenvalue weighted by atomic mass is 16.7. The van der Waals surface area contributed by atoms with Crippen molar-refractivity contribution in [2.75, 3.05) is 7.05 Å². The lowest BCUT2D eigenvalue weighted by molar-refractivity contribution is -0.157. The first-order valence-electron chi connectivity index (χ1n) is 8.28. The second-order valence-electron chi connectivity index (χ2n) is 8.26. The molecule has 0 rings (SSSR count). The molecular weight excluding hydrogens is 328 g/mol. The van der Waals surface area contributed by atoms with Crippen LogP contribution >= 0.6 is 0 Å². The zero-order valence-electron chi connectivity index (χ0n) is 16.8. The molecule has 0 bridgehead atoms. The summed E-state index contributed by atoms with van der Waals surface area (Å²) in [5.41, 5.74) is 0.536. The number of nitrogens with zero attached hydrogens (tertiary/aromatic N) is 1. The lowest BCUT2D eigenvalue weighted by Gasteiger charge is -2.30. The molecule has 0 aliphatic heterocycles. The van der Waals surface area contributed by atoms with Crippen LogP contribution < -0.4 is 5.48 Å². The Hall–Kier alpha value is -1.99. The van der Waals surface area contributed by atoms with Gasteiger partial charge in [0.15, 0.2) is 0 Å². The minimum atomic E-state index is -0.898. The smallest absolute Gasteiger partial charge is 0.441 e. The van der Waals surface area contributed by atoms with Gasteiger partial charge in [0.2, 0.25) is 0 Å². The summed E-state index contributed by atoms with van der Waals surface area (Å²) in [6.45, 7) is 14.1. The molecule has 0 aromatic rings. The molecule has 0 aliphatic carbocycles. The molecule has 25 heavy (non-hydrogen) atoms. The molecule has 8 nitrogen and oxygen atoms in total. The van der Waals surface area contributed by atoms with E-state index in [2.05, 4.69) is 0 Å². The zero-order chi connectivity index (χ0) is 20.0. The first-order valence-corrected chi connectivity index (χ1v) is 8.28. The van der Waals surface area contributed by atoms with Crippen LogP contribution in [0.4, 0.5) is 9.59 Å². The average molecular weight is 360 g/mol. The van der Waals surface area contributed by atoms with Crippen molar-refractivity contribution in [2.24, 2.45) is 5.92 Å². The molecule has 0 radical (unpaired) electrons. The highest BCUT2D eigenvalue weighted by Crippen LogP contribution is 2.16. The highest BCUT2D eigenvalue weighted by molar-refractivity contribution is 5.82. The summed E-state index contributed by atoms with van der Waals surface area (Å²) in [5.74, 6) is -0.656. The molecule has 2 amide bonds. The van der Waals surface area contributed by atoms with Crippen molar-refractivity contribution in [3.63, 3.8) is 0 Å². The van der Waals surface area contributed by atoms with E-state index in [-0.39, 0.29) is 5.92 Å². The summed E-state index contributed by atoms with van der Waals surface area (Å²) in [6, 6.07) is -0.898. The van der Waals surface area contributed by atoms with Crippen LogP contribution in [0.2, 0.25) is 0 Å². The predicted octanol–water partition coefficient (Wildman–Crippen LogP) is 3.25. The Kier molecular flexibility index (Phi) is 8.21. The van der Waals surface area contributed by atoms with E-state index < -0.39 is 35.4 Å². The minimum Gasteiger partial charge on any atom is -0.444 e. The van der Waals surface area contributed by atoms with Crippen molar-refractivity contribution in [1.29, 1.82) is 0 Å². The molecule has 8 heteroatoms. The Morgan fingerprint density at radius 3 is 1.84 bits per heavy atom. The fourth-order valence-electron chi connectivity index (χ4n) is 1.78. The van der Waals surface area contributed by atoms with Gasteiger partial charge in [-0.1, -0.05) is 13.8 Å². The van der Waals surface area contributed by atoms with Gasteiger partial charge >= 0.3 is 18.2 Å². The second-order valence-corrected chi connectivity index (χ2v) is 8.26. The van der Waals surface area contributed by atoms with Gasteiger partial charge in [-0.25, -0.2) is 14.4 Å². The van der Waals surface area contributed by atoms with E-state index in [4.69, 9.17) is 14.3 Å². The lowest BCUT2D eigenvalue weighted by atomic mass is 10.0. The third-order valence-electron chi connectivity index (χ3n) is 2.75. The monoisotopic (exact) mass is 360 g/mol. The van der Waals surface area contributed by atoms with Gasteiger partial charge in [0, 0.05) is 7.05 Å². The number of carbonyl (C=O) groups is 3. The van der Waals surface area contributed by atoms with Gasteiger partial charge in [0.1, 0.15) is 17.2 Å². The molecule has 1 atom stereocenters.